The largest absolute Gasteiger partial charge is 0.466 e. The van der Waals surface area contributed by atoms with E-state index in [-0.39, 0.29) is 12.1 Å². The van der Waals surface area contributed by atoms with Gasteiger partial charge in [-0.1, -0.05) is 0 Å². The minimum atomic E-state index is -0.427. The number of hydrogen-bond acceptors (Lipinski definition) is 4. The van der Waals surface area contributed by atoms with Gasteiger partial charge in [-0.15, -0.1) is 0 Å². The summed E-state index contributed by atoms with van der Waals surface area (Å²) in [5, 5.41) is 0. The molecule has 25 heavy (non-hydrogen) atoms. The van der Waals surface area contributed by atoms with Crippen molar-refractivity contribution in [1.82, 2.24) is 4.90 Å². The summed E-state index contributed by atoms with van der Waals surface area (Å²) in [5.41, 5.74) is -0.0172. The second-order valence-corrected chi connectivity index (χ2v) is 8.77. The van der Waals surface area contributed by atoms with Crippen LogP contribution in [0.5, 0.6) is 0 Å². The van der Waals surface area contributed by atoms with Gasteiger partial charge in [0.15, 0.2) is 0 Å². The fourth-order valence-corrected chi connectivity index (χ4v) is 4.29. The third kappa shape index (κ3) is 6.19. The van der Waals surface area contributed by atoms with Crippen molar-refractivity contribution >= 4 is 12.1 Å². The molecule has 1 saturated heterocycles. The van der Waals surface area contributed by atoms with Gasteiger partial charge in [0.1, 0.15) is 5.60 Å². The van der Waals surface area contributed by atoms with E-state index in [2.05, 4.69) is 0 Å². The Bertz CT molecular complexity index is 461. The second-order valence-electron chi connectivity index (χ2n) is 8.77. The van der Waals surface area contributed by atoms with Gasteiger partial charge in [-0.05, 0) is 84.0 Å². The van der Waals surface area contributed by atoms with Gasteiger partial charge < -0.3 is 14.4 Å². The first-order valence-corrected chi connectivity index (χ1v) is 9.86. The number of esters is 1. The molecule has 0 aromatic carbocycles. The Morgan fingerprint density at radius 1 is 1.16 bits per heavy atom. The number of carbonyl (C=O) groups excluding carboxylic acids is 2. The summed E-state index contributed by atoms with van der Waals surface area (Å²) in [4.78, 5) is 25.5. The highest BCUT2D eigenvalue weighted by atomic mass is 16.6. The summed E-state index contributed by atoms with van der Waals surface area (Å²) in [7, 11) is 0. The highest BCUT2D eigenvalue weighted by Crippen LogP contribution is 2.50. The van der Waals surface area contributed by atoms with Gasteiger partial charge in [0.25, 0.3) is 0 Å². The van der Waals surface area contributed by atoms with Crippen LogP contribution in [-0.2, 0) is 14.3 Å². The average molecular weight is 354 g/mol. The van der Waals surface area contributed by atoms with Crippen molar-refractivity contribution in [3.63, 3.8) is 0 Å². The first-order valence-electron chi connectivity index (χ1n) is 9.86. The van der Waals surface area contributed by atoms with E-state index in [9.17, 15) is 9.59 Å². The predicted octanol–water partition coefficient (Wildman–Crippen LogP) is 4.54. The van der Waals surface area contributed by atoms with Crippen LogP contribution in [0, 0.1) is 11.3 Å². The zero-order valence-corrected chi connectivity index (χ0v) is 16.4. The molecular formula is C20H35NO4. The van der Waals surface area contributed by atoms with E-state index in [4.69, 9.17) is 9.47 Å². The molecule has 1 atom stereocenters. The number of ether oxygens (including phenoxy) is 2. The van der Waals surface area contributed by atoms with Crippen LogP contribution in [0.2, 0.25) is 0 Å². The molecule has 1 heterocycles. The number of hydrogen-bond donors (Lipinski definition) is 0. The first-order chi connectivity index (χ1) is 11.7. The number of amides is 1. The monoisotopic (exact) mass is 353 g/mol. The summed E-state index contributed by atoms with van der Waals surface area (Å²) in [6, 6.07) is 0. The van der Waals surface area contributed by atoms with Crippen LogP contribution in [0.25, 0.3) is 0 Å². The third-order valence-electron chi connectivity index (χ3n) is 5.58. The van der Waals surface area contributed by atoms with Crippen molar-refractivity contribution in [2.45, 2.75) is 84.7 Å². The summed E-state index contributed by atoms with van der Waals surface area (Å²) in [6.45, 7) is 9.67. The maximum Gasteiger partial charge on any atom is 0.410 e. The maximum absolute atomic E-state index is 12.2. The Labute approximate surface area is 152 Å². The molecule has 0 N–H and O–H groups in total. The zero-order valence-electron chi connectivity index (χ0n) is 16.4. The van der Waals surface area contributed by atoms with Crippen molar-refractivity contribution in [2.75, 3.05) is 19.7 Å². The summed E-state index contributed by atoms with van der Waals surface area (Å²) < 4.78 is 10.5. The third-order valence-corrected chi connectivity index (χ3v) is 5.58. The topological polar surface area (TPSA) is 55.8 Å². The van der Waals surface area contributed by atoms with Crippen molar-refractivity contribution in [2.24, 2.45) is 11.3 Å². The molecule has 1 saturated carbocycles. The zero-order chi connectivity index (χ0) is 18.5. The van der Waals surface area contributed by atoms with Gasteiger partial charge >= 0.3 is 12.1 Å². The lowest BCUT2D eigenvalue weighted by Gasteiger charge is -2.40. The predicted molar refractivity (Wildman–Crippen MR) is 97.3 cm³/mol. The Balaban J connectivity index is 1.71. The number of likely N-dealkylation sites (tertiary alicyclic amines) is 1. The minimum absolute atomic E-state index is 0.0686. The molecule has 5 heteroatoms. The molecule has 1 aliphatic heterocycles. The van der Waals surface area contributed by atoms with Crippen LogP contribution in [0.1, 0.15) is 79.1 Å². The Kier molecular flexibility index (Phi) is 6.75. The highest BCUT2D eigenvalue weighted by molar-refractivity contribution is 5.69. The SMILES string of the molecule is CCOC(=O)CCCC1CCC2(CCN(C(=O)OC(C)(C)C)CC2)C1. The van der Waals surface area contributed by atoms with Gasteiger partial charge in [-0.3, -0.25) is 4.79 Å². The van der Waals surface area contributed by atoms with Crippen molar-refractivity contribution < 1.29 is 19.1 Å². The molecule has 0 aromatic heterocycles. The number of carbonyl (C=O) groups is 2. The molecule has 0 radical (unpaired) electrons. The molecule has 1 spiro atoms. The molecule has 2 aliphatic rings. The lowest BCUT2D eigenvalue weighted by molar-refractivity contribution is -0.143. The van der Waals surface area contributed by atoms with Crippen LogP contribution < -0.4 is 0 Å². The van der Waals surface area contributed by atoms with Crippen LogP contribution in [0.15, 0.2) is 0 Å². The first kappa shape index (κ1) is 20.1. The Hall–Kier alpha value is -1.26. The Morgan fingerprint density at radius 3 is 2.44 bits per heavy atom. The molecule has 1 amide bonds. The normalized spacial score (nSPS) is 22.9. The van der Waals surface area contributed by atoms with Crippen molar-refractivity contribution in [1.29, 1.82) is 0 Å². The van der Waals surface area contributed by atoms with Gasteiger partial charge in [-0.2, -0.15) is 0 Å². The number of nitrogens with zero attached hydrogens (tertiary/aromatic N) is 1. The van der Waals surface area contributed by atoms with E-state index < -0.39 is 5.60 Å². The van der Waals surface area contributed by atoms with Gasteiger partial charge in [0.05, 0.1) is 6.61 Å². The second kappa shape index (κ2) is 8.41. The van der Waals surface area contributed by atoms with Crippen LogP contribution in [-0.4, -0.2) is 42.3 Å². The standard InChI is InChI=1S/C20H35NO4/c1-5-24-17(22)8-6-7-16-9-10-20(15-16)11-13-21(14-12-20)18(23)25-19(2,3)4/h16H,5-15H2,1-4H3. The minimum Gasteiger partial charge on any atom is -0.466 e. The summed E-state index contributed by atoms with van der Waals surface area (Å²) in [6.07, 6.45) is 8.36. The molecule has 1 unspecified atom stereocenters. The molecule has 2 rings (SSSR count). The number of rotatable bonds is 5. The van der Waals surface area contributed by atoms with Crippen LogP contribution in [0.3, 0.4) is 0 Å². The van der Waals surface area contributed by atoms with Gasteiger partial charge in [-0.25, -0.2) is 4.79 Å². The molecule has 0 bridgehead atoms. The summed E-state index contributed by atoms with van der Waals surface area (Å²) >= 11 is 0. The molecular weight excluding hydrogens is 318 g/mol. The lowest BCUT2D eigenvalue weighted by atomic mass is 9.76. The van der Waals surface area contributed by atoms with Gasteiger partial charge in [0, 0.05) is 19.5 Å². The molecule has 5 nitrogen and oxygen atoms in total. The van der Waals surface area contributed by atoms with E-state index in [1.54, 1.807) is 0 Å². The van der Waals surface area contributed by atoms with Crippen LogP contribution in [0.4, 0.5) is 4.79 Å². The smallest absolute Gasteiger partial charge is 0.410 e. The number of piperidine rings is 1. The average Bonchev–Trinajstić information content (AvgIpc) is 2.89. The van der Waals surface area contributed by atoms with E-state index in [0.717, 1.165) is 44.7 Å². The molecule has 2 fully saturated rings. The highest BCUT2D eigenvalue weighted by Gasteiger charge is 2.42. The fraction of sp³-hybridized carbons (Fsp3) is 0.900. The van der Waals surface area contributed by atoms with Crippen LogP contribution >= 0.6 is 0 Å². The molecule has 144 valence electrons. The van der Waals surface area contributed by atoms with E-state index in [1.165, 1.54) is 19.3 Å². The van der Waals surface area contributed by atoms with Crippen molar-refractivity contribution in [3.05, 3.63) is 0 Å². The maximum atomic E-state index is 12.2. The van der Waals surface area contributed by atoms with E-state index in [0.29, 0.717) is 18.4 Å². The van der Waals surface area contributed by atoms with Gasteiger partial charge in [0.2, 0.25) is 0 Å². The quantitative estimate of drug-likeness (QED) is 0.681. The molecule has 1 aliphatic carbocycles. The lowest BCUT2D eigenvalue weighted by Crippen LogP contribution is -2.44. The Morgan fingerprint density at radius 2 is 1.84 bits per heavy atom. The molecule has 0 aromatic rings. The summed E-state index contributed by atoms with van der Waals surface area (Å²) in [5.74, 6) is 0.656. The van der Waals surface area contributed by atoms with Crippen molar-refractivity contribution in [3.8, 4) is 0 Å². The van der Waals surface area contributed by atoms with E-state index >= 15 is 0 Å². The fourth-order valence-electron chi connectivity index (χ4n) is 4.29. The van der Waals surface area contributed by atoms with E-state index in [1.807, 2.05) is 32.6 Å².